The van der Waals surface area contributed by atoms with E-state index in [-0.39, 0.29) is 18.1 Å². The van der Waals surface area contributed by atoms with Crippen molar-refractivity contribution in [2.75, 3.05) is 5.32 Å². The lowest BCUT2D eigenvalue weighted by atomic mass is 10.1. The maximum Gasteiger partial charge on any atom is 0.228 e. The Morgan fingerprint density at radius 1 is 1.12 bits per heavy atom. The van der Waals surface area contributed by atoms with Gasteiger partial charge in [-0.15, -0.1) is 0 Å². The molecule has 0 aliphatic rings. The Balaban J connectivity index is 1.71. The normalized spacial score (nSPS) is 11.6. The van der Waals surface area contributed by atoms with Gasteiger partial charge >= 0.3 is 0 Å². The van der Waals surface area contributed by atoms with Crippen LogP contribution in [0.2, 0.25) is 0 Å². The molecule has 4 N–H and O–H groups in total. The van der Waals surface area contributed by atoms with Crippen LogP contribution in [0.1, 0.15) is 16.8 Å². The van der Waals surface area contributed by atoms with Crippen LogP contribution in [-0.4, -0.2) is 19.3 Å². The quantitative estimate of drug-likeness (QED) is 0.653. The second kappa shape index (κ2) is 6.70. The van der Waals surface area contributed by atoms with Crippen LogP contribution in [0.25, 0.3) is 10.9 Å². The topological polar surface area (TPSA) is 105 Å². The second-order valence-corrected chi connectivity index (χ2v) is 7.62. The van der Waals surface area contributed by atoms with E-state index in [0.717, 1.165) is 22.2 Å². The maximum atomic E-state index is 12.3. The van der Waals surface area contributed by atoms with E-state index in [2.05, 4.69) is 10.3 Å². The number of aryl methyl sites for hydroxylation is 1. The molecule has 1 amide bonds. The van der Waals surface area contributed by atoms with Gasteiger partial charge in [0.1, 0.15) is 0 Å². The van der Waals surface area contributed by atoms with Crippen LogP contribution >= 0.6 is 0 Å². The van der Waals surface area contributed by atoms with Crippen LogP contribution in [0.5, 0.6) is 0 Å². The fourth-order valence-corrected chi connectivity index (χ4v) is 3.50. The number of nitrogens with one attached hydrogen (secondary N) is 2. The van der Waals surface area contributed by atoms with Crippen molar-refractivity contribution in [2.24, 2.45) is 5.14 Å². The average Bonchev–Trinajstić information content (AvgIpc) is 2.84. The third-order valence-electron chi connectivity index (χ3n) is 3.97. The van der Waals surface area contributed by atoms with E-state index >= 15 is 0 Å². The Morgan fingerprint density at radius 3 is 2.48 bits per heavy atom. The summed E-state index contributed by atoms with van der Waals surface area (Å²) in [6, 6.07) is 14.5. The molecule has 130 valence electrons. The Labute approximate surface area is 146 Å². The van der Waals surface area contributed by atoms with E-state index in [1.54, 1.807) is 24.3 Å². The Morgan fingerprint density at radius 2 is 1.80 bits per heavy atom. The molecule has 7 heteroatoms. The molecule has 0 unspecified atom stereocenters. The SMILES string of the molecule is Cc1[nH]c2ccccc2c1CC(=O)Nc1ccc(CS(N)(=O)=O)cc1. The molecule has 0 aliphatic heterocycles. The van der Waals surface area contributed by atoms with E-state index in [4.69, 9.17) is 5.14 Å². The van der Waals surface area contributed by atoms with Crippen molar-refractivity contribution >= 4 is 32.5 Å². The molecule has 0 spiro atoms. The molecule has 0 radical (unpaired) electrons. The highest BCUT2D eigenvalue weighted by Gasteiger charge is 2.12. The summed E-state index contributed by atoms with van der Waals surface area (Å²) in [5.41, 5.74) is 4.14. The van der Waals surface area contributed by atoms with Gasteiger partial charge in [-0.3, -0.25) is 4.79 Å². The molecule has 0 fully saturated rings. The molecule has 1 heterocycles. The number of anilines is 1. The number of aromatic nitrogens is 1. The summed E-state index contributed by atoms with van der Waals surface area (Å²) in [4.78, 5) is 15.6. The smallest absolute Gasteiger partial charge is 0.228 e. The van der Waals surface area contributed by atoms with Crippen molar-refractivity contribution in [2.45, 2.75) is 19.1 Å². The van der Waals surface area contributed by atoms with E-state index in [1.807, 2.05) is 31.2 Å². The van der Waals surface area contributed by atoms with Gasteiger partial charge in [0.15, 0.2) is 0 Å². The number of para-hydroxylation sites is 1. The minimum atomic E-state index is -3.56. The van der Waals surface area contributed by atoms with Crippen molar-refractivity contribution in [3.63, 3.8) is 0 Å². The van der Waals surface area contributed by atoms with Gasteiger partial charge in [-0.25, -0.2) is 13.6 Å². The number of aromatic amines is 1. The highest BCUT2D eigenvalue weighted by Crippen LogP contribution is 2.22. The van der Waals surface area contributed by atoms with E-state index < -0.39 is 10.0 Å². The predicted octanol–water partition coefficient (Wildman–Crippen LogP) is 2.45. The molecule has 3 rings (SSSR count). The first-order valence-corrected chi connectivity index (χ1v) is 9.49. The minimum absolute atomic E-state index is 0.132. The average molecular weight is 357 g/mol. The molecule has 0 saturated carbocycles. The molecule has 0 aliphatic carbocycles. The Kier molecular flexibility index (Phi) is 4.61. The lowest BCUT2D eigenvalue weighted by Crippen LogP contribution is -2.16. The van der Waals surface area contributed by atoms with E-state index in [1.165, 1.54) is 0 Å². The van der Waals surface area contributed by atoms with Gasteiger partial charge in [-0.1, -0.05) is 30.3 Å². The lowest BCUT2D eigenvalue weighted by Gasteiger charge is -2.07. The minimum Gasteiger partial charge on any atom is -0.358 e. The molecule has 25 heavy (non-hydrogen) atoms. The summed E-state index contributed by atoms with van der Waals surface area (Å²) < 4.78 is 22.2. The first kappa shape index (κ1) is 17.2. The van der Waals surface area contributed by atoms with Gasteiger partial charge < -0.3 is 10.3 Å². The number of nitrogens with two attached hydrogens (primary N) is 1. The van der Waals surface area contributed by atoms with Gasteiger partial charge in [0.2, 0.25) is 15.9 Å². The fraction of sp³-hybridized carbons (Fsp3) is 0.167. The number of hydrogen-bond acceptors (Lipinski definition) is 3. The number of rotatable bonds is 5. The summed E-state index contributed by atoms with van der Waals surface area (Å²) in [6.45, 7) is 1.95. The largest absolute Gasteiger partial charge is 0.358 e. The monoisotopic (exact) mass is 357 g/mol. The van der Waals surface area contributed by atoms with Crippen LogP contribution in [0.15, 0.2) is 48.5 Å². The van der Waals surface area contributed by atoms with Crippen molar-refractivity contribution in [3.05, 3.63) is 65.4 Å². The summed E-state index contributed by atoms with van der Waals surface area (Å²) in [5, 5.41) is 8.89. The highest BCUT2D eigenvalue weighted by atomic mass is 32.2. The molecule has 0 bridgehead atoms. The molecule has 0 saturated heterocycles. The standard InChI is InChI=1S/C18H19N3O3S/c1-12-16(15-4-2-3-5-17(15)20-12)10-18(22)21-14-8-6-13(7-9-14)11-25(19,23)24/h2-9,20H,10-11H2,1H3,(H,21,22)(H2,19,23,24). The molecule has 6 nitrogen and oxygen atoms in total. The summed E-state index contributed by atoms with van der Waals surface area (Å²) in [5.74, 6) is -0.359. The van der Waals surface area contributed by atoms with Gasteiger partial charge in [0, 0.05) is 22.3 Å². The van der Waals surface area contributed by atoms with Gasteiger partial charge in [-0.2, -0.15) is 0 Å². The molecule has 1 aromatic heterocycles. The summed E-state index contributed by atoms with van der Waals surface area (Å²) in [7, 11) is -3.56. The zero-order chi connectivity index (χ0) is 18.0. The van der Waals surface area contributed by atoms with Crippen LogP contribution in [0.3, 0.4) is 0 Å². The van der Waals surface area contributed by atoms with Crippen molar-refractivity contribution < 1.29 is 13.2 Å². The van der Waals surface area contributed by atoms with Gasteiger partial charge in [0.05, 0.1) is 12.2 Å². The van der Waals surface area contributed by atoms with Crippen LogP contribution in [0.4, 0.5) is 5.69 Å². The van der Waals surface area contributed by atoms with Gasteiger partial charge in [-0.05, 0) is 36.2 Å². The third kappa shape index (κ3) is 4.26. The Bertz CT molecular complexity index is 1020. The summed E-state index contributed by atoms with van der Waals surface area (Å²) >= 11 is 0. The Hall–Kier alpha value is -2.64. The van der Waals surface area contributed by atoms with Crippen LogP contribution in [-0.2, 0) is 27.0 Å². The number of fused-ring (bicyclic) bond motifs is 1. The van der Waals surface area contributed by atoms with Crippen LogP contribution in [0, 0.1) is 6.92 Å². The molecule has 3 aromatic rings. The number of primary sulfonamides is 1. The van der Waals surface area contributed by atoms with Gasteiger partial charge in [0.25, 0.3) is 0 Å². The fourth-order valence-electron chi connectivity index (χ4n) is 2.84. The number of H-pyrrole nitrogens is 1. The maximum absolute atomic E-state index is 12.3. The highest BCUT2D eigenvalue weighted by molar-refractivity contribution is 7.88. The number of sulfonamides is 1. The zero-order valence-electron chi connectivity index (χ0n) is 13.7. The number of amides is 1. The number of benzene rings is 2. The predicted molar refractivity (Wildman–Crippen MR) is 98.6 cm³/mol. The van der Waals surface area contributed by atoms with E-state index in [9.17, 15) is 13.2 Å². The molecular formula is C18H19N3O3S. The van der Waals surface area contributed by atoms with E-state index in [0.29, 0.717) is 11.3 Å². The van der Waals surface area contributed by atoms with Crippen molar-refractivity contribution in [3.8, 4) is 0 Å². The first-order valence-electron chi connectivity index (χ1n) is 7.77. The van der Waals surface area contributed by atoms with Crippen molar-refractivity contribution in [1.29, 1.82) is 0 Å². The number of carbonyl (C=O) groups is 1. The molecule has 0 atom stereocenters. The third-order valence-corrected chi connectivity index (χ3v) is 4.71. The molecular weight excluding hydrogens is 338 g/mol. The van der Waals surface area contributed by atoms with Crippen LogP contribution < -0.4 is 10.5 Å². The lowest BCUT2D eigenvalue weighted by molar-refractivity contribution is -0.115. The second-order valence-electron chi connectivity index (χ2n) is 6.00. The zero-order valence-corrected chi connectivity index (χ0v) is 14.6. The summed E-state index contributed by atoms with van der Waals surface area (Å²) in [6.07, 6.45) is 0.259. The van der Waals surface area contributed by atoms with Crippen molar-refractivity contribution in [1.82, 2.24) is 4.98 Å². The number of hydrogen-bond donors (Lipinski definition) is 3. The first-order chi connectivity index (χ1) is 11.8. The number of carbonyl (C=O) groups excluding carboxylic acids is 1. The molecule has 2 aromatic carbocycles.